The molecular weight excluding hydrogens is 392 g/mol. The highest BCUT2D eigenvalue weighted by atomic mass is 32.2. The number of carbonyl (C=O) groups excluding carboxylic acids is 1. The lowest BCUT2D eigenvalue weighted by molar-refractivity contribution is -0.118. The van der Waals surface area contributed by atoms with E-state index < -0.39 is 0 Å². The van der Waals surface area contributed by atoms with Crippen LogP contribution in [-0.2, 0) is 24.2 Å². The van der Waals surface area contributed by atoms with E-state index in [1.807, 2.05) is 18.7 Å². The van der Waals surface area contributed by atoms with E-state index in [-0.39, 0.29) is 11.5 Å². The van der Waals surface area contributed by atoms with Crippen molar-refractivity contribution < 1.29 is 4.79 Å². The van der Waals surface area contributed by atoms with Gasteiger partial charge in [0.05, 0.1) is 11.1 Å². The summed E-state index contributed by atoms with van der Waals surface area (Å²) in [6.07, 6.45) is 7.43. The Balaban J connectivity index is 1.64. The highest BCUT2D eigenvalue weighted by molar-refractivity contribution is 7.99. The molecule has 0 radical (unpaired) electrons. The quantitative estimate of drug-likeness (QED) is 0.525. The first kappa shape index (κ1) is 19.9. The predicted molar refractivity (Wildman–Crippen MR) is 116 cm³/mol. The van der Waals surface area contributed by atoms with Gasteiger partial charge >= 0.3 is 0 Å². The SMILES string of the molecule is CN(C)CCCn1c(SCC(=O)NC2CC2)nc2sc3c(c2c1=O)CCCC3. The number of thiophene rings is 1. The number of rotatable bonds is 8. The van der Waals surface area contributed by atoms with Gasteiger partial charge in [-0.05, 0) is 71.1 Å². The lowest BCUT2D eigenvalue weighted by atomic mass is 9.97. The van der Waals surface area contributed by atoms with Crippen LogP contribution in [0.4, 0.5) is 0 Å². The highest BCUT2D eigenvalue weighted by Crippen LogP contribution is 2.34. The minimum Gasteiger partial charge on any atom is -0.353 e. The smallest absolute Gasteiger partial charge is 0.263 e. The van der Waals surface area contributed by atoms with E-state index in [4.69, 9.17) is 4.98 Å². The van der Waals surface area contributed by atoms with Gasteiger partial charge in [0.25, 0.3) is 5.56 Å². The van der Waals surface area contributed by atoms with E-state index in [9.17, 15) is 9.59 Å². The van der Waals surface area contributed by atoms with E-state index in [0.29, 0.717) is 23.5 Å². The fourth-order valence-electron chi connectivity index (χ4n) is 3.70. The number of nitrogens with zero attached hydrogens (tertiary/aromatic N) is 3. The van der Waals surface area contributed by atoms with Crippen LogP contribution in [0.3, 0.4) is 0 Å². The average Bonchev–Trinajstić information content (AvgIpc) is 3.39. The summed E-state index contributed by atoms with van der Waals surface area (Å²) >= 11 is 3.07. The van der Waals surface area contributed by atoms with Crippen LogP contribution in [0.5, 0.6) is 0 Å². The molecule has 0 unspecified atom stereocenters. The van der Waals surface area contributed by atoms with Gasteiger partial charge in [-0.3, -0.25) is 14.2 Å². The molecule has 0 bridgehead atoms. The highest BCUT2D eigenvalue weighted by Gasteiger charge is 2.25. The first-order chi connectivity index (χ1) is 13.5. The van der Waals surface area contributed by atoms with Crippen molar-refractivity contribution in [2.75, 3.05) is 26.4 Å². The summed E-state index contributed by atoms with van der Waals surface area (Å²) in [5, 5.41) is 4.53. The van der Waals surface area contributed by atoms with E-state index in [1.54, 1.807) is 11.3 Å². The van der Waals surface area contributed by atoms with Gasteiger partial charge in [-0.2, -0.15) is 0 Å². The van der Waals surface area contributed by atoms with E-state index >= 15 is 0 Å². The maximum atomic E-state index is 13.4. The summed E-state index contributed by atoms with van der Waals surface area (Å²) in [7, 11) is 4.08. The fourth-order valence-corrected chi connectivity index (χ4v) is 5.84. The van der Waals surface area contributed by atoms with Crippen LogP contribution < -0.4 is 10.9 Å². The third kappa shape index (κ3) is 4.44. The van der Waals surface area contributed by atoms with Gasteiger partial charge in [0.15, 0.2) is 5.16 Å². The molecule has 1 saturated carbocycles. The summed E-state index contributed by atoms with van der Waals surface area (Å²) < 4.78 is 1.81. The minimum absolute atomic E-state index is 0.0344. The fraction of sp³-hybridized carbons (Fsp3) is 0.650. The van der Waals surface area contributed by atoms with Gasteiger partial charge < -0.3 is 10.2 Å². The number of hydrogen-bond acceptors (Lipinski definition) is 6. The number of hydrogen-bond donors (Lipinski definition) is 1. The molecule has 0 aromatic carbocycles. The van der Waals surface area contributed by atoms with Crippen LogP contribution in [0.25, 0.3) is 10.2 Å². The van der Waals surface area contributed by atoms with Crippen molar-refractivity contribution in [3.05, 3.63) is 20.8 Å². The zero-order valence-electron chi connectivity index (χ0n) is 16.6. The second-order valence-corrected chi connectivity index (χ2v) is 10.1. The Kier molecular flexibility index (Phi) is 6.08. The molecule has 0 spiro atoms. The number of aryl methyl sites for hydroxylation is 2. The zero-order valence-corrected chi connectivity index (χ0v) is 18.3. The Hall–Kier alpha value is -1.38. The van der Waals surface area contributed by atoms with E-state index in [2.05, 4.69) is 10.2 Å². The van der Waals surface area contributed by atoms with Crippen molar-refractivity contribution >= 4 is 39.2 Å². The normalized spacial score (nSPS) is 16.5. The van der Waals surface area contributed by atoms with Crippen LogP contribution in [0, 0.1) is 0 Å². The molecule has 2 heterocycles. The lowest BCUT2D eigenvalue weighted by Crippen LogP contribution is -2.29. The number of amides is 1. The number of fused-ring (bicyclic) bond motifs is 3. The molecule has 2 aromatic rings. The summed E-state index contributed by atoms with van der Waals surface area (Å²) in [4.78, 5) is 34.7. The Morgan fingerprint density at radius 2 is 2.11 bits per heavy atom. The number of carbonyl (C=O) groups is 1. The molecule has 8 heteroatoms. The second-order valence-electron chi connectivity index (χ2n) is 8.03. The maximum absolute atomic E-state index is 13.4. The molecule has 1 fully saturated rings. The molecule has 28 heavy (non-hydrogen) atoms. The Morgan fingerprint density at radius 1 is 1.32 bits per heavy atom. The molecule has 152 valence electrons. The van der Waals surface area contributed by atoms with Crippen LogP contribution in [0.15, 0.2) is 9.95 Å². The molecule has 0 atom stereocenters. The van der Waals surface area contributed by atoms with Gasteiger partial charge in [0.1, 0.15) is 4.83 Å². The van der Waals surface area contributed by atoms with Gasteiger partial charge in [0, 0.05) is 17.5 Å². The maximum Gasteiger partial charge on any atom is 0.263 e. The van der Waals surface area contributed by atoms with Crippen LogP contribution >= 0.6 is 23.1 Å². The molecule has 6 nitrogen and oxygen atoms in total. The minimum atomic E-state index is 0.0344. The summed E-state index contributed by atoms with van der Waals surface area (Å²) in [5.41, 5.74) is 1.31. The third-order valence-corrected chi connectivity index (χ3v) is 7.46. The van der Waals surface area contributed by atoms with Crippen molar-refractivity contribution in [1.29, 1.82) is 0 Å². The Bertz CT molecular complexity index is 930. The van der Waals surface area contributed by atoms with Crippen molar-refractivity contribution in [2.45, 2.75) is 62.7 Å². The summed E-state index contributed by atoms with van der Waals surface area (Å²) in [6.45, 7) is 1.55. The molecule has 0 aliphatic heterocycles. The number of thioether (sulfide) groups is 1. The van der Waals surface area contributed by atoms with Crippen molar-refractivity contribution in [3.63, 3.8) is 0 Å². The summed E-state index contributed by atoms with van der Waals surface area (Å²) in [6, 6.07) is 0.356. The third-order valence-electron chi connectivity index (χ3n) is 5.30. The first-order valence-electron chi connectivity index (χ1n) is 10.1. The largest absolute Gasteiger partial charge is 0.353 e. The van der Waals surface area contributed by atoms with Crippen molar-refractivity contribution in [3.8, 4) is 0 Å². The molecular formula is C20H28N4O2S2. The lowest BCUT2D eigenvalue weighted by Gasteiger charge is -2.15. The first-order valence-corrected chi connectivity index (χ1v) is 11.9. The Labute approximate surface area is 173 Å². The van der Waals surface area contributed by atoms with Crippen molar-refractivity contribution in [2.24, 2.45) is 0 Å². The zero-order chi connectivity index (χ0) is 19.7. The van der Waals surface area contributed by atoms with Crippen LogP contribution in [0.1, 0.15) is 42.5 Å². The van der Waals surface area contributed by atoms with Crippen LogP contribution in [0.2, 0.25) is 0 Å². The topological polar surface area (TPSA) is 67.2 Å². The number of aromatic nitrogens is 2. The van der Waals surface area contributed by atoms with E-state index in [0.717, 1.165) is 55.3 Å². The second kappa shape index (κ2) is 8.55. The van der Waals surface area contributed by atoms with Gasteiger partial charge in [-0.25, -0.2) is 4.98 Å². The van der Waals surface area contributed by atoms with Crippen molar-refractivity contribution in [1.82, 2.24) is 19.8 Å². The summed E-state index contributed by atoms with van der Waals surface area (Å²) in [5.74, 6) is 0.347. The monoisotopic (exact) mass is 420 g/mol. The average molecular weight is 421 g/mol. The molecule has 1 N–H and O–H groups in total. The molecule has 4 rings (SSSR count). The standard InChI is InChI=1S/C20H28N4O2S2/c1-23(2)10-5-11-24-19(26)17-14-6-3-4-7-15(14)28-18(17)22-20(24)27-12-16(25)21-13-8-9-13/h13H,3-12H2,1-2H3,(H,21,25). The van der Waals surface area contributed by atoms with Gasteiger partial charge in [-0.15, -0.1) is 11.3 Å². The van der Waals surface area contributed by atoms with Gasteiger partial charge in [0.2, 0.25) is 5.91 Å². The number of nitrogens with one attached hydrogen (secondary N) is 1. The molecule has 2 aliphatic rings. The molecule has 0 saturated heterocycles. The molecule has 2 aromatic heterocycles. The van der Waals surface area contributed by atoms with Crippen LogP contribution in [-0.4, -0.2) is 52.8 Å². The molecule has 2 aliphatic carbocycles. The van der Waals surface area contributed by atoms with Gasteiger partial charge in [-0.1, -0.05) is 11.8 Å². The Morgan fingerprint density at radius 3 is 2.86 bits per heavy atom. The molecule has 1 amide bonds. The van der Waals surface area contributed by atoms with E-state index in [1.165, 1.54) is 28.6 Å². The predicted octanol–water partition coefficient (Wildman–Crippen LogP) is 2.66.